The second kappa shape index (κ2) is 21.3. The third-order valence-electron chi connectivity index (χ3n) is 13.4. The second-order valence-electron chi connectivity index (χ2n) is 17.6. The summed E-state index contributed by atoms with van der Waals surface area (Å²) in [6, 6.07) is 25.5. The number of amides is 3. The average Bonchev–Trinajstić information content (AvgIpc) is 3.74. The van der Waals surface area contributed by atoms with Gasteiger partial charge in [0.1, 0.15) is 11.8 Å². The van der Waals surface area contributed by atoms with E-state index in [1.165, 1.54) is 10.5 Å². The van der Waals surface area contributed by atoms with Crippen LogP contribution in [-0.2, 0) is 29.2 Å². The highest BCUT2D eigenvalue weighted by Crippen LogP contribution is 2.45. The van der Waals surface area contributed by atoms with E-state index >= 15 is 4.79 Å². The summed E-state index contributed by atoms with van der Waals surface area (Å²) in [6.07, 6.45) is 6.04. The maximum Gasteiger partial charge on any atom is 0.415 e. The molecule has 1 aliphatic carbocycles. The van der Waals surface area contributed by atoms with Crippen LogP contribution in [0.3, 0.4) is 0 Å². The molecule has 338 valence electrons. The van der Waals surface area contributed by atoms with Crippen molar-refractivity contribution in [3.05, 3.63) is 107 Å². The molecule has 4 aromatic rings. The Morgan fingerprint density at radius 2 is 1.71 bits per heavy atom. The number of hydrogen-bond acceptors (Lipinski definition) is 9. The summed E-state index contributed by atoms with van der Waals surface area (Å²) in [4.78, 5) is 53.1. The molecule has 4 aromatic carbocycles. The number of hydrogen-bond donors (Lipinski definition) is 2. The molecule has 12 nitrogen and oxygen atoms in total. The van der Waals surface area contributed by atoms with Gasteiger partial charge in [-0.3, -0.25) is 19.4 Å². The Morgan fingerprint density at radius 1 is 0.921 bits per heavy atom. The van der Waals surface area contributed by atoms with Crippen molar-refractivity contribution in [1.29, 1.82) is 0 Å². The SMILES string of the molecule is [2H]CN(C[2H])CCCC[C@@H](C(=O)N1CCN(C(=O)Oc2ccc3ccccc3c2Cl)C[C@H]1C(=O)NCc1ccc(CN)c(OC)c1)N(C[2H])C1CCC2(CC1)CCN(Cc1ccccc1)C2. The lowest BCUT2D eigenvalue weighted by Gasteiger charge is -2.46. The minimum atomic E-state index is -1.06. The summed E-state index contributed by atoms with van der Waals surface area (Å²) in [5.41, 5.74) is 9.05. The molecule has 0 aromatic heterocycles. The van der Waals surface area contributed by atoms with Crippen molar-refractivity contribution in [3.63, 3.8) is 0 Å². The number of piperazine rings is 1. The molecule has 2 saturated heterocycles. The van der Waals surface area contributed by atoms with Gasteiger partial charge in [0.15, 0.2) is 5.75 Å². The van der Waals surface area contributed by atoms with E-state index in [4.69, 9.17) is 30.9 Å². The van der Waals surface area contributed by atoms with E-state index in [-0.39, 0.29) is 70.4 Å². The van der Waals surface area contributed by atoms with Crippen LogP contribution in [0.2, 0.25) is 5.02 Å². The molecule has 2 heterocycles. The van der Waals surface area contributed by atoms with E-state index in [1.54, 1.807) is 23.0 Å². The Bertz CT molecular complexity index is 2250. The molecule has 2 aliphatic heterocycles. The fourth-order valence-corrected chi connectivity index (χ4v) is 10.0. The zero-order valence-electron chi connectivity index (χ0n) is 39.7. The third-order valence-corrected chi connectivity index (χ3v) is 13.8. The van der Waals surface area contributed by atoms with Crippen LogP contribution < -0.4 is 20.5 Å². The number of ether oxygens (including phenoxy) is 2. The number of methoxy groups -OCH3 is 1. The van der Waals surface area contributed by atoms with Crippen LogP contribution in [0.15, 0.2) is 84.9 Å². The van der Waals surface area contributed by atoms with E-state index in [9.17, 15) is 9.59 Å². The van der Waals surface area contributed by atoms with E-state index < -0.39 is 24.1 Å². The standard InChI is InChI=1S/C50H66ClN7O5/c1-54(2)26-11-10-16-42(55(3)40-21-23-50(24-22-40)25-27-56(35-50)33-36-12-6-5-7-13-36)48(60)58-29-28-57(49(61)63-44-20-19-38-14-8-9-15-41(38)46(44)51)34-43(58)47(59)53-32-37-17-18-39(31-52)45(30-37)62-4/h5-9,12-15,17-20,30,40,42-43H,10-11,16,21-29,31-35,52H2,1-4H3,(H,53,59)/t40?,42-,43-,50?/m0/s1/i1D,2D,3D. The van der Waals surface area contributed by atoms with Gasteiger partial charge in [0.05, 0.1) is 24.7 Å². The average molecular weight is 884 g/mol. The van der Waals surface area contributed by atoms with Crippen LogP contribution in [0.4, 0.5) is 4.79 Å². The molecular weight excluding hydrogens is 814 g/mol. The van der Waals surface area contributed by atoms with Gasteiger partial charge in [-0.15, -0.1) is 0 Å². The highest BCUT2D eigenvalue weighted by atomic mass is 35.5. The van der Waals surface area contributed by atoms with E-state index in [2.05, 4.69) is 39.4 Å². The Morgan fingerprint density at radius 3 is 2.48 bits per heavy atom. The predicted octanol–water partition coefficient (Wildman–Crippen LogP) is 7.16. The van der Waals surface area contributed by atoms with Crippen molar-refractivity contribution >= 4 is 40.3 Å². The first-order valence-corrected chi connectivity index (χ1v) is 22.7. The zero-order chi connectivity index (χ0) is 46.6. The van der Waals surface area contributed by atoms with Crippen molar-refractivity contribution in [2.75, 3.05) is 67.4 Å². The first-order chi connectivity index (χ1) is 32.1. The molecule has 2 atom stereocenters. The summed E-state index contributed by atoms with van der Waals surface area (Å²) in [5.74, 6) is 0.143. The normalized spacial score (nSPS) is 21.6. The predicted molar refractivity (Wildman–Crippen MR) is 250 cm³/mol. The van der Waals surface area contributed by atoms with Gasteiger partial charge in [0.25, 0.3) is 0 Å². The van der Waals surface area contributed by atoms with Crippen LogP contribution in [0.5, 0.6) is 11.5 Å². The molecule has 3 N–H and O–H groups in total. The molecule has 0 radical (unpaired) electrons. The van der Waals surface area contributed by atoms with Gasteiger partial charge in [-0.25, -0.2) is 4.79 Å². The Labute approximate surface area is 382 Å². The molecule has 7 rings (SSSR count). The lowest BCUT2D eigenvalue weighted by molar-refractivity contribution is -0.148. The number of nitrogens with one attached hydrogen (secondary N) is 1. The maximum absolute atomic E-state index is 15.3. The number of halogens is 1. The molecule has 3 fully saturated rings. The van der Waals surface area contributed by atoms with E-state index in [0.717, 1.165) is 73.6 Å². The molecule has 0 bridgehead atoms. The molecule has 3 amide bonds. The topological polar surface area (TPSA) is 124 Å². The number of nitrogens with zero attached hydrogens (tertiary/aromatic N) is 5. The van der Waals surface area contributed by atoms with E-state index in [0.29, 0.717) is 43.1 Å². The summed E-state index contributed by atoms with van der Waals surface area (Å²) in [5, 5.41) is 4.98. The Kier molecular flexibility index (Phi) is 14.3. The number of benzene rings is 4. The highest BCUT2D eigenvalue weighted by Gasteiger charge is 2.45. The van der Waals surface area contributed by atoms with Crippen LogP contribution in [0, 0.1) is 5.41 Å². The van der Waals surface area contributed by atoms with Crippen LogP contribution >= 0.6 is 11.6 Å². The summed E-state index contributed by atoms with van der Waals surface area (Å²) in [7, 11) is 1.55. The van der Waals surface area contributed by atoms with Crippen molar-refractivity contribution in [2.24, 2.45) is 11.1 Å². The number of nitrogens with two attached hydrogens (primary N) is 1. The number of unbranched alkanes of at least 4 members (excludes halogenated alkanes) is 1. The number of rotatable bonds is 16. The van der Waals surface area contributed by atoms with Gasteiger partial charge in [-0.1, -0.05) is 90.8 Å². The smallest absolute Gasteiger partial charge is 0.415 e. The number of fused-ring (bicyclic) bond motifs is 1. The van der Waals surface area contributed by atoms with Gasteiger partial charge in [-0.05, 0) is 113 Å². The largest absolute Gasteiger partial charge is 0.496 e. The lowest BCUT2D eigenvalue weighted by atomic mass is 9.71. The molecule has 0 unspecified atom stereocenters. The monoisotopic (exact) mass is 883 g/mol. The summed E-state index contributed by atoms with van der Waals surface area (Å²) < 4.78 is 36.0. The van der Waals surface area contributed by atoms with Gasteiger partial charge < -0.3 is 35.2 Å². The minimum absolute atomic E-state index is 0.0185. The molecule has 63 heavy (non-hydrogen) atoms. The maximum atomic E-state index is 15.3. The first kappa shape index (κ1) is 42.2. The van der Waals surface area contributed by atoms with Crippen molar-refractivity contribution in [3.8, 4) is 11.5 Å². The Hall–Kier alpha value is -4.72. The quantitative estimate of drug-likeness (QED) is 0.113. The molecule has 1 saturated carbocycles. The molecule has 13 heteroatoms. The minimum Gasteiger partial charge on any atom is -0.496 e. The first-order valence-electron chi connectivity index (χ1n) is 24.4. The molecule has 3 aliphatic rings. The van der Waals surface area contributed by atoms with Crippen LogP contribution in [-0.4, -0.2) is 128 Å². The van der Waals surface area contributed by atoms with Crippen LogP contribution in [0.1, 0.15) is 72.2 Å². The summed E-state index contributed by atoms with van der Waals surface area (Å²) >= 11 is 6.74. The van der Waals surface area contributed by atoms with Crippen molar-refractivity contribution in [2.45, 2.75) is 89.1 Å². The van der Waals surface area contributed by atoms with Gasteiger partial charge >= 0.3 is 6.09 Å². The van der Waals surface area contributed by atoms with Gasteiger partial charge in [0, 0.05) is 60.4 Å². The number of likely N-dealkylation sites (N-methyl/N-ethyl adjacent to an activating group) is 1. The Balaban J connectivity index is 1.10. The van der Waals surface area contributed by atoms with Gasteiger partial charge in [-0.2, -0.15) is 0 Å². The fraction of sp³-hybridized carbons (Fsp3) is 0.500. The van der Waals surface area contributed by atoms with Gasteiger partial charge in [0.2, 0.25) is 11.8 Å². The number of carbonyl (C=O) groups is 3. The zero-order valence-corrected chi connectivity index (χ0v) is 37.4. The van der Waals surface area contributed by atoms with Crippen LogP contribution in [0.25, 0.3) is 10.8 Å². The fourth-order valence-electron chi connectivity index (χ4n) is 9.77. The number of likely N-dealkylation sites (tertiary alicyclic amines) is 1. The van der Waals surface area contributed by atoms with E-state index in [1.807, 2.05) is 54.6 Å². The van der Waals surface area contributed by atoms with Crippen molar-refractivity contribution in [1.82, 2.24) is 29.8 Å². The highest BCUT2D eigenvalue weighted by molar-refractivity contribution is 6.37. The second-order valence-corrected chi connectivity index (χ2v) is 18.0. The molecule has 1 spiro atoms. The number of carbonyl (C=O) groups excluding carboxylic acids is 3. The lowest BCUT2D eigenvalue weighted by Crippen LogP contribution is -2.64. The third kappa shape index (κ3) is 11.3. The molecular formula is C50H66ClN7O5. The summed E-state index contributed by atoms with van der Waals surface area (Å²) in [6.45, 7) is 4.12. The van der Waals surface area contributed by atoms with Crippen molar-refractivity contribution < 1.29 is 28.0 Å².